The van der Waals surface area contributed by atoms with E-state index in [1.165, 1.54) is 23.3 Å². The van der Waals surface area contributed by atoms with Crippen molar-refractivity contribution < 1.29 is 4.39 Å². The number of nitrogens with zero attached hydrogens (tertiary/aromatic N) is 4. The first-order valence-corrected chi connectivity index (χ1v) is 8.24. The number of imidazole rings is 1. The van der Waals surface area contributed by atoms with Gasteiger partial charge < -0.3 is 10.3 Å². The molecule has 0 aliphatic rings. The van der Waals surface area contributed by atoms with Crippen LogP contribution in [0.4, 0.5) is 10.3 Å². The molecule has 26 heavy (non-hydrogen) atoms. The van der Waals surface area contributed by atoms with E-state index in [0.29, 0.717) is 18.2 Å². The highest BCUT2D eigenvalue weighted by atomic mass is 19.1. The quantitative estimate of drug-likeness (QED) is 0.587. The van der Waals surface area contributed by atoms with E-state index in [1.54, 1.807) is 18.3 Å². The summed E-state index contributed by atoms with van der Waals surface area (Å²) in [6.07, 6.45) is 1.55. The summed E-state index contributed by atoms with van der Waals surface area (Å²) in [7, 11) is 0. The first kappa shape index (κ1) is 16.1. The molecule has 2 aromatic heterocycles. The van der Waals surface area contributed by atoms with Gasteiger partial charge in [-0.3, -0.25) is 0 Å². The molecule has 0 spiro atoms. The van der Waals surface area contributed by atoms with Gasteiger partial charge in [-0.2, -0.15) is 5.10 Å². The van der Waals surface area contributed by atoms with Gasteiger partial charge in [-0.15, -0.1) is 5.10 Å². The van der Waals surface area contributed by atoms with Crippen molar-refractivity contribution in [3.8, 4) is 11.3 Å². The molecule has 4 aromatic rings. The van der Waals surface area contributed by atoms with Gasteiger partial charge in [0.05, 0.1) is 29.5 Å². The highest BCUT2D eigenvalue weighted by molar-refractivity contribution is 5.77. The molecule has 2 heterocycles. The topological polar surface area (TPSA) is 79.4 Å². The minimum absolute atomic E-state index is 0.288. The number of benzene rings is 2. The summed E-state index contributed by atoms with van der Waals surface area (Å²) >= 11 is 0. The van der Waals surface area contributed by atoms with Gasteiger partial charge in [-0.05, 0) is 61.4 Å². The van der Waals surface area contributed by atoms with Gasteiger partial charge in [0.1, 0.15) is 11.6 Å². The van der Waals surface area contributed by atoms with E-state index in [-0.39, 0.29) is 5.82 Å². The molecular weight excluding hydrogens is 331 g/mol. The summed E-state index contributed by atoms with van der Waals surface area (Å²) in [5, 5.41) is 11.1. The van der Waals surface area contributed by atoms with Crippen LogP contribution in [0.1, 0.15) is 17.0 Å². The number of halogens is 1. The van der Waals surface area contributed by atoms with Crippen molar-refractivity contribution in [2.45, 2.75) is 20.4 Å². The maximum absolute atomic E-state index is 13.1. The van der Waals surface area contributed by atoms with Gasteiger partial charge in [0.15, 0.2) is 0 Å². The molecule has 7 heteroatoms. The number of hydrogen-bond acceptors (Lipinski definition) is 5. The number of rotatable bonds is 4. The second-order valence-corrected chi connectivity index (χ2v) is 6.16. The van der Waals surface area contributed by atoms with Crippen molar-refractivity contribution in [3.63, 3.8) is 0 Å². The van der Waals surface area contributed by atoms with Crippen LogP contribution in [-0.4, -0.2) is 25.1 Å². The normalized spacial score (nSPS) is 11.0. The Labute approximate surface area is 149 Å². The lowest BCUT2D eigenvalue weighted by Crippen LogP contribution is -2.06. The molecule has 0 bridgehead atoms. The van der Waals surface area contributed by atoms with Crippen LogP contribution in [0.15, 0.2) is 42.6 Å². The molecule has 0 aliphatic heterocycles. The number of aromatic amines is 1. The zero-order valence-electron chi connectivity index (χ0n) is 14.4. The molecule has 0 amide bonds. The van der Waals surface area contributed by atoms with E-state index in [1.807, 2.05) is 0 Å². The van der Waals surface area contributed by atoms with Gasteiger partial charge in [-0.25, -0.2) is 14.4 Å². The van der Waals surface area contributed by atoms with Crippen LogP contribution in [-0.2, 0) is 6.54 Å². The molecule has 0 radical (unpaired) electrons. The molecule has 0 saturated heterocycles. The van der Waals surface area contributed by atoms with E-state index < -0.39 is 0 Å². The molecule has 0 aliphatic carbocycles. The standard InChI is InChI=1S/C19H17FN6/c1-11-7-15-16(8-12(11)2)24-18(23-15)10-21-19-25-17(9-22-26-19)13-3-5-14(20)6-4-13/h3-9H,10H2,1-2H3,(H,23,24)(H,21,25,26). The maximum Gasteiger partial charge on any atom is 0.243 e. The Hall–Kier alpha value is -3.35. The molecule has 130 valence electrons. The lowest BCUT2D eigenvalue weighted by Gasteiger charge is -2.04. The molecular formula is C19H17FN6. The Kier molecular flexibility index (Phi) is 4.04. The van der Waals surface area contributed by atoms with Crippen molar-refractivity contribution in [3.05, 3.63) is 65.4 Å². The van der Waals surface area contributed by atoms with Crippen LogP contribution in [0.3, 0.4) is 0 Å². The largest absolute Gasteiger partial charge is 0.346 e. The number of hydrogen-bond donors (Lipinski definition) is 2. The lowest BCUT2D eigenvalue weighted by molar-refractivity contribution is 0.628. The predicted molar refractivity (Wildman–Crippen MR) is 98.1 cm³/mol. The molecule has 0 fully saturated rings. The predicted octanol–water partition coefficient (Wildman–Crippen LogP) is 3.78. The highest BCUT2D eigenvalue weighted by Crippen LogP contribution is 2.19. The monoisotopic (exact) mass is 348 g/mol. The molecule has 0 atom stereocenters. The Balaban J connectivity index is 1.53. The summed E-state index contributed by atoms with van der Waals surface area (Å²) < 4.78 is 13.1. The fourth-order valence-corrected chi connectivity index (χ4v) is 2.71. The summed E-state index contributed by atoms with van der Waals surface area (Å²) in [6, 6.07) is 10.3. The number of aromatic nitrogens is 5. The Morgan fingerprint density at radius 2 is 1.81 bits per heavy atom. The molecule has 2 N–H and O–H groups in total. The molecule has 4 rings (SSSR count). The number of nitrogens with one attached hydrogen (secondary N) is 2. The van der Waals surface area contributed by atoms with Gasteiger partial charge in [0, 0.05) is 5.56 Å². The van der Waals surface area contributed by atoms with E-state index in [0.717, 1.165) is 22.4 Å². The van der Waals surface area contributed by atoms with Gasteiger partial charge in [0.2, 0.25) is 5.95 Å². The van der Waals surface area contributed by atoms with Crippen LogP contribution in [0, 0.1) is 19.7 Å². The molecule has 6 nitrogen and oxygen atoms in total. The highest BCUT2D eigenvalue weighted by Gasteiger charge is 2.07. The molecule has 0 saturated carbocycles. The lowest BCUT2D eigenvalue weighted by atomic mass is 10.1. The maximum atomic E-state index is 13.1. The Bertz CT molecular complexity index is 1030. The van der Waals surface area contributed by atoms with Crippen LogP contribution < -0.4 is 5.32 Å². The van der Waals surface area contributed by atoms with Crippen LogP contribution >= 0.6 is 0 Å². The van der Waals surface area contributed by atoms with Crippen molar-refractivity contribution in [1.82, 2.24) is 25.1 Å². The third kappa shape index (κ3) is 3.23. The third-order valence-corrected chi connectivity index (χ3v) is 4.26. The number of anilines is 1. The fraction of sp³-hybridized carbons (Fsp3) is 0.158. The Morgan fingerprint density at radius 3 is 2.62 bits per heavy atom. The van der Waals surface area contributed by atoms with Crippen molar-refractivity contribution in [2.24, 2.45) is 0 Å². The smallest absolute Gasteiger partial charge is 0.243 e. The molecule has 0 unspecified atom stereocenters. The van der Waals surface area contributed by atoms with Crippen molar-refractivity contribution in [2.75, 3.05) is 5.32 Å². The van der Waals surface area contributed by atoms with Crippen LogP contribution in [0.5, 0.6) is 0 Å². The molecule has 2 aromatic carbocycles. The van der Waals surface area contributed by atoms with E-state index in [9.17, 15) is 4.39 Å². The summed E-state index contributed by atoms with van der Waals surface area (Å²) in [6.45, 7) is 4.59. The SMILES string of the molecule is Cc1cc2nc(CNc3nncc(-c4ccc(F)cc4)n3)[nH]c2cc1C. The van der Waals surface area contributed by atoms with Crippen molar-refractivity contribution in [1.29, 1.82) is 0 Å². The fourth-order valence-electron chi connectivity index (χ4n) is 2.71. The van der Waals surface area contributed by atoms with E-state index in [4.69, 9.17) is 0 Å². The second kappa shape index (κ2) is 6.51. The zero-order valence-corrected chi connectivity index (χ0v) is 14.4. The second-order valence-electron chi connectivity index (χ2n) is 6.16. The third-order valence-electron chi connectivity index (χ3n) is 4.26. The van der Waals surface area contributed by atoms with Gasteiger partial charge in [0.25, 0.3) is 0 Å². The van der Waals surface area contributed by atoms with Crippen LogP contribution in [0.2, 0.25) is 0 Å². The van der Waals surface area contributed by atoms with Gasteiger partial charge >= 0.3 is 0 Å². The first-order valence-electron chi connectivity index (χ1n) is 8.24. The number of H-pyrrole nitrogens is 1. The average Bonchev–Trinajstić information content (AvgIpc) is 3.03. The minimum atomic E-state index is -0.288. The number of fused-ring (bicyclic) bond motifs is 1. The average molecular weight is 348 g/mol. The minimum Gasteiger partial charge on any atom is -0.346 e. The first-order chi connectivity index (χ1) is 12.6. The van der Waals surface area contributed by atoms with Crippen molar-refractivity contribution >= 4 is 17.0 Å². The van der Waals surface area contributed by atoms with Crippen LogP contribution in [0.25, 0.3) is 22.3 Å². The summed E-state index contributed by atoms with van der Waals surface area (Å²) in [5.74, 6) is 0.893. The van der Waals surface area contributed by atoms with Gasteiger partial charge in [-0.1, -0.05) is 0 Å². The van der Waals surface area contributed by atoms with E-state index in [2.05, 4.69) is 56.4 Å². The summed E-state index contributed by atoms with van der Waals surface area (Å²) in [4.78, 5) is 12.3. The Morgan fingerprint density at radius 1 is 1.04 bits per heavy atom. The number of aryl methyl sites for hydroxylation is 2. The van der Waals surface area contributed by atoms with E-state index >= 15 is 0 Å². The summed E-state index contributed by atoms with van der Waals surface area (Å²) in [5.41, 5.74) is 5.77. The zero-order chi connectivity index (χ0) is 18.1.